The number of hydrogen-bond acceptors (Lipinski definition) is 5. The topological polar surface area (TPSA) is 126 Å². The Bertz CT molecular complexity index is 744. The Morgan fingerprint density at radius 3 is 2.50 bits per heavy atom. The summed E-state index contributed by atoms with van der Waals surface area (Å²) in [7, 11) is 0. The first-order chi connectivity index (χ1) is 13.3. The maximum absolute atomic E-state index is 12.5. The van der Waals surface area contributed by atoms with Crippen molar-refractivity contribution in [2.24, 2.45) is 0 Å². The third kappa shape index (κ3) is 6.02. The fourth-order valence-electron chi connectivity index (χ4n) is 2.97. The zero-order valence-electron chi connectivity index (χ0n) is 16.1. The van der Waals surface area contributed by atoms with E-state index < -0.39 is 16.7 Å². The number of nitrogens with zero attached hydrogens (tertiary/aromatic N) is 2. The molecule has 0 aliphatic carbocycles. The molecule has 1 saturated heterocycles. The Labute approximate surface area is 163 Å². The smallest absolute Gasteiger partial charge is 0.309 e. The SMILES string of the molecule is CC(C)NC(=O)C(=O)NCC[NH+]1CCN(C(=O)c2cccc([N+](=O)[O-])c2)CC1. The molecule has 1 aromatic rings. The standard InChI is InChI=1S/C18H25N5O5/c1-13(2)20-17(25)16(24)19-6-7-21-8-10-22(11-9-21)18(26)14-4-3-5-15(12-14)23(27)28/h3-5,12-13H,6-11H2,1-2H3,(H,19,24)(H,20,25)/p+1. The molecular weight excluding hydrogens is 366 g/mol. The maximum Gasteiger partial charge on any atom is 0.309 e. The third-order valence-electron chi connectivity index (χ3n) is 4.45. The molecule has 0 spiro atoms. The lowest BCUT2D eigenvalue weighted by Gasteiger charge is -2.32. The van der Waals surface area contributed by atoms with E-state index in [1.165, 1.54) is 23.1 Å². The van der Waals surface area contributed by atoms with Crippen LogP contribution in [0.25, 0.3) is 0 Å². The van der Waals surface area contributed by atoms with Gasteiger partial charge in [-0.3, -0.25) is 24.5 Å². The van der Waals surface area contributed by atoms with Crippen molar-refractivity contribution in [3.63, 3.8) is 0 Å². The van der Waals surface area contributed by atoms with Crippen LogP contribution in [0.5, 0.6) is 0 Å². The van der Waals surface area contributed by atoms with E-state index in [-0.39, 0.29) is 17.6 Å². The molecule has 0 atom stereocenters. The van der Waals surface area contributed by atoms with E-state index in [4.69, 9.17) is 0 Å². The molecule has 0 aromatic heterocycles. The number of carbonyl (C=O) groups is 3. The van der Waals surface area contributed by atoms with Crippen molar-refractivity contribution in [1.82, 2.24) is 15.5 Å². The second-order valence-corrected chi connectivity index (χ2v) is 6.98. The van der Waals surface area contributed by atoms with Gasteiger partial charge >= 0.3 is 11.8 Å². The summed E-state index contributed by atoms with van der Waals surface area (Å²) in [5.41, 5.74) is 0.202. The molecule has 10 nitrogen and oxygen atoms in total. The summed E-state index contributed by atoms with van der Waals surface area (Å²) < 4.78 is 0. The lowest BCUT2D eigenvalue weighted by atomic mass is 10.1. The van der Waals surface area contributed by atoms with Gasteiger partial charge in [0.25, 0.3) is 11.6 Å². The van der Waals surface area contributed by atoms with Crippen molar-refractivity contribution < 1.29 is 24.2 Å². The lowest BCUT2D eigenvalue weighted by molar-refractivity contribution is -0.902. The first kappa shape index (κ1) is 21.3. The first-order valence-electron chi connectivity index (χ1n) is 9.24. The van der Waals surface area contributed by atoms with E-state index in [2.05, 4.69) is 10.6 Å². The second kappa shape index (κ2) is 9.79. The summed E-state index contributed by atoms with van der Waals surface area (Å²) in [6.45, 7) is 7.05. The van der Waals surface area contributed by atoms with Crippen LogP contribution in [0.15, 0.2) is 24.3 Å². The van der Waals surface area contributed by atoms with Crippen LogP contribution >= 0.6 is 0 Å². The number of nitro groups is 1. The second-order valence-electron chi connectivity index (χ2n) is 6.98. The van der Waals surface area contributed by atoms with E-state index in [0.717, 1.165) is 0 Å². The van der Waals surface area contributed by atoms with Crippen LogP contribution in [-0.4, -0.2) is 72.9 Å². The van der Waals surface area contributed by atoms with Crippen LogP contribution in [0.2, 0.25) is 0 Å². The molecule has 2 rings (SSSR count). The molecule has 0 radical (unpaired) electrons. The molecule has 3 N–H and O–H groups in total. The number of carbonyl (C=O) groups excluding carboxylic acids is 3. The summed E-state index contributed by atoms with van der Waals surface area (Å²) >= 11 is 0. The average Bonchev–Trinajstić information content (AvgIpc) is 2.67. The Balaban J connectivity index is 1.76. The number of quaternary nitrogens is 1. The highest BCUT2D eigenvalue weighted by atomic mass is 16.6. The van der Waals surface area contributed by atoms with Gasteiger partial charge in [0.15, 0.2) is 0 Å². The van der Waals surface area contributed by atoms with Gasteiger partial charge in [-0.25, -0.2) is 0 Å². The van der Waals surface area contributed by atoms with Crippen LogP contribution < -0.4 is 15.5 Å². The molecule has 1 aliphatic rings. The molecule has 1 fully saturated rings. The van der Waals surface area contributed by atoms with E-state index in [1.54, 1.807) is 24.8 Å². The van der Waals surface area contributed by atoms with Gasteiger partial charge in [-0.1, -0.05) is 6.07 Å². The number of benzene rings is 1. The quantitative estimate of drug-likeness (QED) is 0.311. The lowest BCUT2D eigenvalue weighted by Crippen LogP contribution is -3.15. The molecule has 10 heteroatoms. The number of nitro benzene ring substituents is 1. The molecule has 0 unspecified atom stereocenters. The molecule has 0 bridgehead atoms. The highest BCUT2D eigenvalue weighted by Crippen LogP contribution is 2.14. The highest BCUT2D eigenvalue weighted by molar-refractivity contribution is 6.35. The number of piperazine rings is 1. The van der Waals surface area contributed by atoms with Gasteiger partial charge in [0, 0.05) is 23.7 Å². The molecule has 1 aliphatic heterocycles. The Kier molecular flexibility index (Phi) is 7.44. The van der Waals surface area contributed by atoms with Crippen LogP contribution in [0.1, 0.15) is 24.2 Å². The normalized spacial score (nSPS) is 14.6. The number of hydrogen-bond donors (Lipinski definition) is 3. The monoisotopic (exact) mass is 392 g/mol. The van der Waals surface area contributed by atoms with Crippen LogP contribution in [0.3, 0.4) is 0 Å². The zero-order chi connectivity index (χ0) is 20.7. The average molecular weight is 392 g/mol. The minimum absolute atomic E-state index is 0.0967. The van der Waals surface area contributed by atoms with Crippen LogP contribution in [0, 0.1) is 10.1 Å². The maximum atomic E-state index is 12.5. The molecule has 152 valence electrons. The predicted molar refractivity (Wildman–Crippen MR) is 101 cm³/mol. The van der Waals surface area contributed by atoms with Gasteiger partial charge in [-0.2, -0.15) is 0 Å². The summed E-state index contributed by atoms with van der Waals surface area (Å²) in [5, 5.41) is 16.0. The molecule has 3 amide bonds. The Morgan fingerprint density at radius 1 is 1.21 bits per heavy atom. The fraction of sp³-hybridized carbons (Fsp3) is 0.500. The number of amides is 3. The zero-order valence-corrected chi connectivity index (χ0v) is 16.1. The van der Waals surface area contributed by atoms with E-state index >= 15 is 0 Å². The molecular formula is C18H26N5O5+. The van der Waals surface area contributed by atoms with E-state index in [1.807, 2.05) is 0 Å². The van der Waals surface area contributed by atoms with E-state index in [9.17, 15) is 24.5 Å². The summed E-state index contributed by atoms with van der Waals surface area (Å²) in [4.78, 5) is 49.0. The molecule has 1 aromatic carbocycles. The van der Waals surface area contributed by atoms with Crippen molar-refractivity contribution in [3.05, 3.63) is 39.9 Å². The van der Waals surface area contributed by atoms with E-state index in [0.29, 0.717) is 44.8 Å². The fourth-order valence-corrected chi connectivity index (χ4v) is 2.97. The van der Waals surface area contributed by atoms with Crippen LogP contribution in [-0.2, 0) is 9.59 Å². The van der Waals surface area contributed by atoms with Crippen molar-refractivity contribution in [2.45, 2.75) is 19.9 Å². The number of non-ortho nitro benzene ring substituents is 1. The van der Waals surface area contributed by atoms with Gasteiger partial charge in [0.2, 0.25) is 0 Å². The van der Waals surface area contributed by atoms with Crippen molar-refractivity contribution in [1.29, 1.82) is 0 Å². The van der Waals surface area contributed by atoms with Crippen molar-refractivity contribution in [3.8, 4) is 0 Å². The van der Waals surface area contributed by atoms with Gasteiger partial charge in [0.1, 0.15) is 0 Å². The minimum Gasteiger partial charge on any atom is -0.346 e. The van der Waals surface area contributed by atoms with Crippen molar-refractivity contribution >= 4 is 23.4 Å². The Morgan fingerprint density at radius 2 is 1.89 bits per heavy atom. The van der Waals surface area contributed by atoms with Gasteiger partial charge in [-0.05, 0) is 19.9 Å². The summed E-state index contributed by atoms with van der Waals surface area (Å²) in [5.74, 6) is -1.51. The summed E-state index contributed by atoms with van der Waals surface area (Å²) in [6.07, 6.45) is 0. The minimum atomic E-state index is -0.646. The Hall–Kier alpha value is -3.01. The summed E-state index contributed by atoms with van der Waals surface area (Å²) in [6, 6.07) is 5.63. The van der Waals surface area contributed by atoms with Crippen molar-refractivity contribution in [2.75, 3.05) is 39.3 Å². The third-order valence-corrected chi connectivity index (χ3v) is 4.45. The molecule has 0 saturated carbocycles. The molecule has 1 heterocycles. The first-order valence-corrected chi connectivity index (χ1v) is 9.24. The largest absolute Gasteiger partial charge is 0.346 e. The van der Waals surface area contributed by atoms with Gasteiger partial charge in [0.05, 0.1) is 44.2 Å². The molecule has 28 heavy (non-hydrogen) atoms. The predicted octanol–water partition coefficient (Wildman–Crippen LogP) is -1.42. The highest BCUT2D eigenvalue weighted by Gasteiger charge is 2.25. The number of nitrogens with one attached hydrogen (secondary N) is 3. The van der Waals surface area contributed by atoms with Crippen LogP contribution in [0.4, 0.5) is 5.69 Å². The van der Waals surface area contributed by atoms with Gasteiger partial charge < -0.3 is 20.4 Å². The number of rotatable bonds is 6. The van der Waals surface area contributed by atoms with Gasteiger partial charge in [-0.15, -0.1) is 0 Å².